The molecule has 25 heavy (non-hydrogen) atoms. The number of amides is 1. The molecule has 0 bridgehead atoms. The van der Waals surface area contributed by atoms with Crippen LogP contribution in [0.15, 0.2) is 24.3 Å². The van der Waals surface area contributed by atoms with Crippen LogP contribution in [0.2, 0.25) is 0 Å². The summed E-state index contributed by atoms with van der Waals surface area (Å²) in [6.45, 7) is 2.71. The predicted octanol–water partition coefficient (Wildman–Crippen LogP) is 1.04. The van der Waals surface area contributed by atoms with Crippen molar-refractivity contribution in [1.82, 2.24) is 10.2 Å². The van der Waals surface area contributed by atoms with Crippen LogP contribution in [-0.2, 0) is 16.1 Å². The summed E-state index contributed by atoms with van der Waals surface area (Å²) in [4.78, 5) is 14.5. The number of hydrogen-bond acceptors (Lipinski definition) is 5. The normalized spacial score (nSPS) is 27.0. The number of rotatable bonds is 5. The van der Waals surface area contributed by atoms with E-state index >= 15 is 0 Å². The van der Waals surface area contributed by atoms with Crippen LogP contribution < -0.4 is 5.32 Å². The second kappa shape index (κ2) is 8.43. The Balaban J connectivity index is 1.52. The van der Waals surface area contributed by atoms with E-state index in [0.29, 0.717) is 31.9 Å². The van der Waals surface area contributed by atoms with Gasteiger partial charge in [0.15, 0.2) is 0 Å². The lowest BCUT2D eigenvalue weighted by atomic mass is 9.94. The molecule has 1 aliphatic carbocycles. The first kappa shape index (κ1) is 17.9. The molecule has 2 N–H and O–H groups in total. The lowest BCUT2D eigenvalue weighted by Crippen LogP contribution is -2.53. The van der Waals surface area contributed by atoms with Gasteiger partial charge in [0.25, 0.3) is 0 Å². The highest BCUT2D eigenvalue weighted by atomic mass is 16.5. The first-order valence-corrected chi connectivity index (χ1v) is 8.93. The number of nitrogens with one attached hydrogen (secondary N) is 1. The fourth-order valence-electron chi connectivity index (χ4n) is 3.80. The Morgan fingerprint density at radius 3 is 2.84 bits per heavy atom. The van der Waals surface area contributed by atoms with Crippen molar-refractivity contribution in [1.29, 1.82) is 5.26 Å². The van der Waals surface area contributed by atoms with E-state index in [-0.39, 0.29) is 24.0 Å². The van der Waals surface area contributed by atoms with Gasteiger partial charge in [-0.1, -0.05) is 18.6 Å². The molecule has 134 valence electrons. The summed E-state index contributed by atoms with van der Waals surface area (Å²) in [5.74, 6) is 0.176. The van der Waals surface area contributed by atoms with Crippen molar-refractivity contribution in [3.63, 3.8) is 0 Å². The number of hydrogen-bond donors (Lipinski definition) is 2. The maximum Gasteiger partial charge on any atom is 0.234 e. The zero-order valence-electron chi connectivity index (χ0n) is 14.4. The van der Waals surface area contributed by atoms with E-state index in [1.54, 1.807) is 12.1 Å². The van der Waals surface area contributed by atoms with Gasteiger partial charge >= 0.3 is 0 Å². The SMILES string of the molecule is N#Cc1ccc(CNC(=O)CN2CCOCC2C2CCCC2O)cc1. The summed E-state index contributed by atoms with van der Waals surface area (Å²) in [6.07, 6.45) is 2.61. The number of morpholine rings is 1. The molecule has 1 amide bonds. The average molecular weight is 343 g/mol. The number of aliphatic hydroxyl groups excluding tert-OH is 1. The molecule has 1 saturated carbocycles. The zero-order valence-corrected chi connectivity index (χ0v) is 14.4. The van der Waals surface area contributed by atoms with Gasteiger partial charge in [0.05, 0.1) is 37.5 Å². The maximum absolute atomic E-state index is 12.3. The van der Waals surface area contributed by atoms with Gasteiger partial charge in [-0.25, -0.2) is 0 Å². The lowest BCUT2D eigenvalue weighted by molar-refractivity contribution is -0.126. The first-order valence-electron chi connectivity index (χ1n) is 8.93. The van der Waals surface area contributed by atoms with Crippen molar-refractivity contribution >= 4 is 5.91 Å². The van der Waals surface area contributed by atoms with Crippen LogP contribution in [-0.4, -0.2) is 54.4 Å². The summed E-state index contributed by atoms with van der Waals surface area (Å²) in [5.41, 5.74) is 1.58. The van der Waals surface area contributed by atoms with Crippen molar-refractivity contribution in [2.75, 3.05) is 26.3 Å². The highest BCUT2D eigenvalue weighted by molar-refractivity contribution is 5.78. The van der Waals surface area contributed by atoms with Gasteiger partial charge in [0, 0.05) is 25.0 Å². The summed E-state index contributed by atoms with van der Waals surface area (Å²) < 4.78 is 5.59. The molecule has 0 spiro atoms. The molecule has 1 aromatic rings. The summed E-state index contributed by atoms with van der Waals surface area (Å²) in [5, 5.41) is 21.9. The number of benzene rings is 1. The average Bonchev–Trinajstić information content (AvgIpc) is 3.07. The Kier molecular flexibility index (Phi) is 6.03. The summed E-state index contributed by atoms with van der Waals surface area (Å²) >= 11 is 0. The van der Waals surface area contributed by atoms with Crippen LogP contribution in [0.5, 0.6) is 0 Å². The third-order valence-electron chi connectivity index (χ3n) is 5.23. The van der Waals surface area contributed by atoms with E-state index in [9.17, 15) is 9.90 Å². The lowest BCUT2D eigenvalue weighted by Gasteiger charge is -2.39. The molecule has 1 aliphatic heterocycles. The van der Waals surface area contributed by atoms with Gasteiger partial charge in [0.2, 0.25) is 5.91 Å². The van der Waals surface area contributed by atoms with Crippen LogP contribution in [0.4, 0.5) is 0 Å². The molecular weight excluding hydrogens is 318 g/mol. The number of aliphatic hydroxyl groups is 1. The highest BCUT2D eigenvalue weighted by Crippen LogP contribution is 2.32. The minimum absolute atomic E-state index is 0.0243. The van der Waals surface area contributed by atoms with Gasteiger partial charge < -0.3 is 15.2 Å². The van der Waals surface area contributed by atoms with Crippen LogP contribution in [0.1, 0.15) is 30.4 Å². The second-order valence-corrected chi connectivity index (χ2v) is 6.86. The maximum atomic E-state index is 12.3. The molecule has 6 heteroatoms. The Morgan fingerprint density at radius 1 is 1.36 bits per heavy atom. The number of carbonyl (C=O) groups excluding carboxylic acids is 1. The number of ether oxygens (including phenoxy) is 1. The summed E-state index contributed by atoms with van der Waals surface area (Å²) in [7, 11) is 0. The van der Waals surface area contributed by atoms with Crippen molar-refractivity contribution in [3.05, 3.63) is 35.4 Å². The van der Waals surface area contributed by atoms with E-state index in [4.69, 9.17) is 10.00 Å². The van der Waals surface area contributed by atoms with Crippen LogP contribution in [0, 0.1) is 17.2 Å². The monoisotopic (exact) mass is 343 g/mol. The molecule has 0 radical (unpaired) electrons. The fraction of sp³-hybridized carbons (Fsp3) is 0.579. The van der Waals surface area contributed by atoms with E-state index < -0.39 is 0 Å². The van der Waals surface area contributed by atoms with Crippen LogP contribution >= 0.6 is 0 Å². The fourth-order valence-corrected chi connectivity index (χ4v) is 3.80. The van der Waals surface area contributed by atoms with Gasteiger partial charge in [-0.15, -0.1) is 0 Å². The van der Waals surface area contributed by atoms with Gasteiger partial charge in [-0.05, 0) is 30.5 Å². The molecule has 0 aromatic heterocycles. The summed E-state index contributed by atoms with van der Waals surface area (Å²) in [6, 6.07) is 9.41. The van der Waals surface area contributed by atoms with E-state index in [0.717, 1.165) is 31.4 Å². The van der Waals surface area contributed by atoms with Gasteiger partial charge in [0.1, 0.15) is 0 Å². The van der Waals surface area contributed by atoms with Gasteiger partial charge in [-0.2, -0.15) is 5.26 Å². The topological polar surface area (TPSA) is 85.6 Å². The molecule has 6 nitrogen and oxygen atoms in total. The van der Waals surface area contributed by atoms with Crippen molar-refractivity contribution < 1.29 is 14.6 Å². The van der Waals surface area contributed by atoms with Crippen molar-refractivity contribution in [2.45, 2.75) is 38.0 Å². The zero-order chi connectivity index (χ0) is 17.6. The van der Waals surface area contributed by atoms with E-state index in [2.05, 4.69) is 16.3 Å². The largest absolute Gasteiger partial charge is 0.393 e. The Morgan fingerprint density at radius 2 is 2.16 bits per heavy atom. The molecule has 2 fully saturated rings. The van der Waals surface area contributed by atoms with Crippen molar-refractivity contribution in [3.8, 4) is 6.07 Å². The molecular formula is C19H25N3O3. The smallest absolute Gasteiger partial charge is 0.234 e. The number of carbonyl (C=O) groups is 1. The van der Waals surface area contributed by atoms with Gasteiger partial charge in [-0.3, -0.25) is 9.69 Å². The minimum Gasteiger partial charge on any atom is -0.393 e. The molecule has 1 heterocycles. The number of nitrogens with zero attached hydrogens (tertiary/aromatic N) is 2. The predicted molar refractivity (Wildman–Crippen MR) is 92.5 cm³/mol. The Bertz CT molecular complexity index is 626. The minimum atomic E-state index is -0.282. The molecule has 1 saturated heterocycles. The molecule has 1 aromatic carbocycles. The standard InChI is InChI=1S/C19H25N3O3/c20-10-14-4-6-15(7-5-14)11-21-19(24)12-22-8-9-25-13-17(22)16-2-1-3-18(16)23/h4-7,16-18,23H,1-3,8-9,11-13H2,(H,21,24). The van der Waals surface area contributed by atoms with E-state index in [1.165, 1.54) is 0 Å². The van der Waals surface area contributed by atoms with Crippen LogP contribution in [0.25, 0.3) is 0 Å². The highest BCUT2D eigenvalue weighted by Gasteiger charge is 2.38. The molecule has 3 unspecified atom stereocenters. The first-order chi connectivity index (χ1) is 12.2. The third-order valence-corrected chi connectivity index (χ3v) is 5.23. The second-order valence-electron chi connectivity index (χ2n) is 6.86. The van der Waals surface area contributed by atoms with Crippen LogP contribution in [0.3, 0.4) is 0 Å². The third kappa shape index (κ3) is 4.57. The Labute approximate surface area is 148 Å². The van der Waals surface area contributed by atoms with Crippen molar-refractivity contribution in [2.24, 2.45) is 5.92 Å². The number of nitriles is 1. The molecule has 3 atom stereocenters. The quantitative estimate of drug-likeness (QED) is 0.834. The van der Waals surface area contributed by atoms with E-state index in [1.807, 2.05) is 12.1 Å². The molecule has 2 aliphatic rings. The Hall–Kier alpha value is -1.94. The molecule has 3 rings (SSSR count).